The molecule has 0 bridgehead atoms. The molecule has 0 spiro atoms. The Balaban J connectivity index is 3.05. The Bertz CT molecular complexity index is 521. The lowest BCUT2D eigenvalue weighted by Gasteiger charge is -2.10. The Labute approximate surface area is 100 Å². The number of nitro groups is 1. The predicted molar refractivity (Wildman–Crippen MR) is 54.8 cm³/mol. The van der Waals surface area contributed by atoms with Gasteiger partial charge in [0.2, 0.25) is 0 Å². The van der Waals surface area contributed by atoms with Crippen molar-refractivity contribution in [1.29, 1.82) is 0 Å². The van der Waals surface area contributed by atoms with Gasteiger partial charge in [0.1, 0.15) is 5.69 Å². The zero-order chi connectivity index (χ0) is 13.7. The highest BCUT2D eigenvalue weighted by atomic mass is 16.6. The average Bonchev–Trinajstić information content (AvgIpc) is 2.28. The first-order valence-electron chi connectivity index (χ1n) is 4.56. The van der Waals surface area contributed by atoms with Crippen LogP contribution in [0.1, 0.15) is 0 Å². The minimum atomic E-state index is -1.96. The van der Waals surface area contributed by atoms with Crippen molar-refractivity contribution in [2.45, 2.75) is 0 Å². The normalized spacial score (nSPS) is 9.33. The van der Waals surface area contributed by atoms with Gasteiger partial charge in [0.15, 0.2) is 0 Å². The van der Waals surface area contributed by atoms with E-state index in [2.05, 4.69) is 5.32 Å². The molecule has 0 saturated heterocycles. The van der Waals surface area contributed by atoms with E-state index in [1.807, 2.05) is 0 Å². The molecule has 0 heterocycles. The number of anilines is 1. The van der Waals surface area contributed by atoms with Crippen LogP contribution in [0.3, 0.4) is 0 Å². The summed E-state index contributed by atoms with van der Waals surface area (Å²) >= 11 is 0. The largest absolute Gasteiger partial charge is 0.545 e. The average molecular weight is 250 g/mol. The number of para-hydroxylation sites is 2. The van der Waals surface area contributed by atoms with Gasteiger partial charge in [-0.3, -0.25) is 10.1 Å². The number of nitro benzene ring substituents is 1. The Morgan fingerprint density at radius 3 is 2.22 bits per heavy atom. The zero-order valence-electron chi connectivity index (χ0n) is 8.78. The van der Waals surface area contributed by atoms with Gasteiger partial charge in [-0.2, -0.15) is 0 Å². The molecule has 0 radical (unpaired) electrons. The fourth-order valence-corrected chi connectivity index (χ4v) is 1.11. The van der Waals surface area contributed by atoms with Crippen LogP contribution in [0.25, 0.3) is 0 Å². The third-order valence-corrected chi connectivity index (χ3v) is 1.91. The van der Waals surface area contributed by atoms with Crippen molar-refractivity contribution in [2.24, 2.45) is 0 Å². The fraction of sp³-hybridized carbons (Fsp3) is 0. The molecule has 0 saturated carbocycles. The first-order chi connectivity index (χ1) is 8.43. The molecule has 1 aromatic rings. The highest BCUT2D eigenvalue weighted by Crippen LogP contribution is 2.23. The van der Waals surface area contributed by atoms with Gasteiger partial charge in [-0.05, 0) is 6.07 Å². The zero-order valence-corrected chi connectivity index (χ0v) is 8.78. The molecule has 18 heavy (non-hydrogen) atoms. The smallest absolute Gasteiger partial charge is 0.292 e. The van der Waals surface area contributed by atoms with Gasteiger partial charge in [0.25, 0.3) is 5.69 Å². The first kappa shape index (κ1) is 13.2. The summed E-state index contributed by atoms with van der Waals surface area (Å²) in [5.41, 5.74) is -1.53. The topological polar surface area (TPSA) is 135 Å². The van der Waals surface area contributed by atoms with Crippen molar-refractivity contribution < 1.29 is 24.7 Å². The van der Waals surface area contributed by atoms with Crippen LogP contribution in [0.5, 0.6) is 0 Å². The minimum absolute atomic E-state index is 0.0532. The molecule has 0 aliphatic heterocycles. The molecule has 1 N–H and O–H groups in total. The summed E-state index contributed by atoms with van der Waals surface area (Å²) in [5.74, 6) is -3.91. The second-order valence-corrected chi connectivity index (χ2v) is 3.05. The quantitative estimate of drug-likeness (QED) is 0.218. The number of aliphatic carboxylic acids is 2. The minimum Gasteiger partial charge on any atom is -0.545 e. The van der Waals surface area contributed by atoms with Gasteiger partial charge in [0.05, 0.1) is 16.9 Å². The van der Waals surface area contributed by atoms with Crippen LogP contribution in [0.15, 0.2) is 36.0 Å². The van der Waals surface area contributed by atoms with Crippen molar-refractivity contribution in [3.8, 4) is 0 Å². The van der Waals surface area contributed by atoms with E-state index in [1.165, 1.54) is 24.3 Å². The van der Waals surface area contributed by atoms with Crippen LogP contribution in [-0.4, -0.2) is 16.9 Å². The number of rotatable bonds is 5. The van der Waals surface area contributed by atoms with Gasteiger partial charge in [-0.1, -0.05) is 12.1 Å². The second kappa shape index (κ2) is 5.43. The van der Waals surface area contributed by atoms with Gasteiger partial charge in [0, 0.05) is 17.8 Å². The molecular formula is C10H6N2O6-2. The lowest BCUT2D eigenvalue weighted by molar-refractivity contribution is -0.383. The summed E-state index contributed by atoms with van der Waals surface area (Å²) in [6, 6.07) is 5.33. The molecular weight excluding hydrogens is 244 g/mol. The maximum atomic E-state index is 10.6. The number of carbonyl (C=O) groups excluding carboxylic acids is 2. The molecule has 1 aromatic carbocycles. The van der Waals surface area contributed by atoms with Crippen molar-refractivity contribution in [3.05, 3.63) is 46.2 Å². The number of nitrogens with one attached hydrogen (secondary N) is 1. The van der Waals surface area contributed by atoms with E-state index in [0.717, 1.165) is 0 Å². The Morgan fingerprint density at radius 1 is 1.17 bits per heavy atom. The predicted octanol–water partition coefficient (Wildman–Crippen LogP) is -1.61. The molecule has 0 unspecified atom stereocenters. The van der Waals surface area contributed by atoms with Crippen molar-refractivity contribution in [2.75, 3.05) is 5.32 Å². The second-order valence-electron chi connectivity index (χ2n) is 3.05. The Hall–Kier alpha value is -2.90. The summed E-state index contributed by atoms with van der Waals surface area (Å²) in [6.45, 7) is 0. The van der Waals surface area contributed by atoms with Gasteiger partial charge in [-0.25, -0.2) is 0 Å². The van der Waals surface area contributed by atoms with E-state index < -0.39 is 22.4 Å². The Kier molecular flexibility index (Phi) is 3.98. The van der Waals surface area contributed by atoms with Crippen LogP contribution >= 0.6 is 0 Å². The Morgan fingerprint density at radius 2 is 1.72 bits per heavy atom. The summed E-state index contributed by atoms with van der Waals surface area (Å²) in [5, 5.41) is 33.6. The lowest BCUT2D eigenvalue weighted by Crippen LogP contribution is -2.36. The van der Waals surface area contributed by atoms with E-state index >= 15 is 0 Å². The molecule has 0 amide bonds. The lowest BCUT2D eigenvalue weighted by atomic mass is 10.2. The van der Waals surface area contributed by atoms with E-state index in [0.29, 0.717) is 6.20 Å². The van der Waals surface area contributed by atoms with E-state index in [4.69, 9.17) is 0 Å². The third kappa shape index (κ3) is 3.04. The van der Waals surface area contributed by atoms with Crippen molar-refractivity contribution in [3.63, 3.8) is 0 Å². The van der Waals surface area contributed by atoms with E-state index in [1.54, 1.807) is 0 Å². The van der Waals surface area contributed by atoms with Crippen LogP contribution in [0.4, 0.5) is 11.4 Å². The van der Waals surface area contributed by atoms with Gasteiger partial charge >= 0.3 is 0 Å². The third-order valence-electron chi connectivity index (χ3n) is 1.91. The maximum absolute atomic E-state index is 10.6. The van der Waals surface area contributed by atoms with E-state index in [-0.39, 0.29) is 11.4 Å². The van der Waals surface area contributed by atoms with Crippen molar-refractivity contribution in [1.82, 2.24) is 0 Å². The van der Waals surface area contributed by atoms with Crippen LogP contribution < -0.4 is 15.5 Å². The molecule has 8 nitrogen and oxygen atoms in total. The monoisotopic (exact) mass is 250 g/mol. The molecule has 0 atom stereocenters. The molecule has 0 aliphatic rings. The highest BCUT2D eigenvalue weighted by Gasteiger charge is 2.11. The maximum Gasteiger partial charge on any atom is 0.292 e. The number of hydrogen-bond donors (Lipinski definition) is 1. The summed E-state index contributed by atoms with van der Waals surface area (Å²) in [4.78, 5) is 30.7. The summed E-state index contributed by atoms with van der Waals surface area (Å²) in [7, 11) is 0. The molecule has 94 valence electrons. The van der Waals surface area contributed by atoms with Crippen LogP contribution in [0, 0.1) is 10.1 Å². The number of carboxylic acids is 2. The molecule has 0 aliphatic carbocycles. The number of benzene rings is 1. The molecule has 0 aromatic heterocycles. The molecule has 8 heteroatoms. The van der Waals surface area contributed by atoms with Gasteiger partial charge < -0.3 is 25.1 Å². The fourth-order valence-electron chi connectivity index (χ4n) is 1.11. The first-order valence-corrected chi connectivity index (χ1v) is 4.56. The van der Waals surface area contributed by atoms with Crippen LogP contribution in [-0.2, 0) is 9.59 Å². The summed E-state index contributed by atoms with van der Waals surface area (Å²) < 4.78 is 0. The number of hydrogen-bond acceptors (Lipinski definition) is 7. The number of carbonyl (C=O) groups is 2. The SMILES string of the molecule is O=C([O-])C(=CNc1ccccc1[N+](=O)[O-])C(=O)[O-]. The van der Waals surface area contributed by atoms with E-state index in [9.17, 15) is 29.9 Å². The van der Waals surface area contributed by atoms with Crippen LogP contribution in [0.2, 0.25) is 0 Å². The molecule has 0 fully saturated rings. The number of carboxylic acid groups (broad SMARTS) is 2. The molecule has 1 rings (SSSR count). The highest BCUT2D eigenvalue weighted by molar-refractivity contribution is 6.10. The van der Waals surface area contributed by atoms with Gasteiger partial charge in [-0.15, -0.1) is 0 Å². The summed E-state index contributed by atoms with van der Waals surface area (Å²) in [6.07, 6.45) is 0.562. The van der Waals surface area contributed by atoms with Crippen molar-refractivity contribution >= 4 is 23.3 Å². The number of nitrogens with zero attached hydrogens (tertiary/aromatic N) is 1. The standard InChI is InChI=1S/C10H8N2O6/c13-9(14)6(10(15)16)5-11-7-3-1-2-4-8(7)12(17)18/h1-5,11H,(H,13,14)(H,15,16)/p-2.